The largest absolute Gasteiger partial charge is 0.350 e. The maximum Gasteiger partial charge on any atom is 0.222 e. The van der Waals surface area contributed by atoms with Crippen molar-refractivity contribution in [1.82, 2.24) is 5.32 Å². The fourth-order valence-corrected chi connectivity index (χ4v) is 2.09. The summed E-state index contributed by atoms with van der Waals surface area (Å²) in [4.78, 5) is 11.7. The van der Waals surface area contributed by atoms with E-state index in [0.29, 0.717) is 12.3 Å². The second-order valence-electron chi connectivity index (χ2n) is 5.81. The minimum absolute atomic E-state index is 0. The summed E-state index contributed by atoms with van der Waals surface area (Å²) in [6.07, 6.45) is 1.46. The molecule has 1 rings (SSSR count). The van der Waals surface area contributed by atoms with Gasteiger partial charge in [-0.3, -0.25) is 4.79 Å². The van der Waals surface area contributed by atoms with Gasteiger partial charge in [-0.15, -0.1) is 12.4 Å². The fraction of sp³-hybridized carbons (Fsp3) is 0.562. The Labute approximate surface area is 128 Å². The predicted octanol–water partition coefficient (Wildman–Crippen LogP) is 3.22. The standard InChI is InChI=1S/C16H26N2O.ClH/c1-11(2)9-14-5-7-15(8-6-14)13(4)18-16(19)10-12(3)17;/h5-8,11-13H,9-10,17H2,1-4H3,(H,18,19);1H. The van der Waals surface area contributed by atoms with Gasteiger partial charge in [0.1, 0.15) is 0 Å². The molecule has 0 aliphatic heterocycles. The van der Waals surface area contributed by atoms with Crippen LogP contribution >= 0.6 is 12.4 Å². The molecule has 114 valence electrons. The number of hydrogen-bond acceptors (Lipinski definition) is 2. The van der Waals surface area contributed by atoms with E-state index < -0.39 is 0 Å². The summed E-state index contributed by atoms with van der Waals surface area (Å²) in [7, 11) is 0. The number of carbonyl (C=O) groups excluding carboxylic acids is 1. The fourth-order valence-electron chi connectivity index (χ4n) is 2.09. The van der Waals surface area contributed by atoms with E-state index >= 15 is 0 Å². The number of nitrogens with one attached hydrogen (secondary N) is 1. The number of nitrogens with two attached hydrogens (primary N) is 1. The zero-order valence-electron chi connectivity index (χ0n) is 12.8. The van der Waals surface area contributed by atoms with Crippen LogP contribution in [-0.2, 0) is 11.2 Å². The van der Waals surface area contributed by atoms with Gasteiger partial charge in [-0.2, -0.15) is 0 Å². The molecule has 0 heterocycles. The van der Waals surface area contributed by atoms with E-state index in [1.807, 2.05) is 13.8 Å². The van der Waals surface area contributed by atoms with Gasteiger partial charge in [-0.1, -0.05) is 38.1 Å². The van der Waals surface area contributed by atoms with Crippen LogP contribution in [0.4, 0.5) is 0 Å². The van der Waals surface area contributed by atoms with Gasteiger partial charge in [0.05, 0.1) is 6.04 Å². The molecule has 0 fully saturated rings. The first kappa shape index (κ1) is 18.9. The molecule has 4 heteroatoms. The number of hydrogen-bond donors (Lipinski definition) is 2. The summed E-state index contributed by atoms with van der Waals surface area (Å²) < 4.78 is 0. The van der Waals surface area contributed by atoms with Crippen molar-refractivity contribution in [2.45, 2.75) is 52.6 Å². The molecule has 0 aliphatic carbocycles. The zero-order valence-corrected chi connectivity index (χ0v) is 13.7. The minimum Gasteiger partial charge on any atom is -0.350 e. The number of halogens is 1. The molecular weight excluding hydrogens is 272 g/mol. The maximum atomic E-state index is 11.7. The van der Waals surface area contributed by atoms with Crippen LogP contribution in [0.3, 0.4) is 0 Å². The summed E-state index contributed by atoms with van der Waals surface area (Å²) in [6, 6.07) is 8.40. The van der Waals surface area contributed by atoms with Gasteiger partial charge in [-0.05, 0) is 37.3 Å². The van der Waals surface area contributed by atoms with Crippen molar-refractivity contribution in [2.24, 2.45) is 11.7 Å². The molecule has 1 amide bonds. The average Bonchev–Trinajstić information content (AvgIpc) is 2.27. The van der Waals surface area contributed by atoms with Crippen molar-refractivity contribution in [3.63, 3.8) is 0 Å². The van der Waals surface area contributed by atoms with Crippen LogP contribution in [0.5, 0.6) is 0 Å². The third-order valence-electron chi connectivity index (χ3n) is 3.01. The summed E-state index contributed by atoms with van der Waals surface area (Å²) in [6.45, 7) is 8.26. The van der Waals surface area contributed by atoms with Crippen molar-refractivity contribution in [2.75, 3.05) is 0 Å². The Morgan fingerprint density at radius 2 is 1.70 bits per heavy atom. The molecule has 0 saturated carbocycles. The van der Waals surface area contributed by atoms with E-state index in [-0.39, 0.29) is 30.4 Å². The van der Waals surface area contributed by atoms with Crippen LogP contribution in [0.1, 0.15) is 51.3 Å². The summed E-state index contributed by atoms with van der Waals surface area (Å²) in [5.74, 6) is 0.669. The highest BCUT2D eigenvalue weighted by Gasteiger charge is 2.11. The Hall–Kier alpha value is -1.06. The number of benzene rings is 1. The molecule has 0 saturated heterocycles. The Morgan fingerprint density at radius 3 is 2.15 bits per heavy atom. The van der Waals surface area contributed by atoms with Gasteiger partial charge in [-0.25, -0.2) is 0 Å². The van der Waals surface area contributed by atoms with E-state index in [9.17, 15) is 4.79 Å². The van der Waals surface area contributed by atoms with E-state index in [2.05, 4.69) is 43.4 Å². The Bertz CT molecular complexity index is 401. The topological polar surface area (TPSA) is 55.1 Å². The predicted molar refractivity (Wildman–Crippen MR) is 87.1 cm³/mol. The average molecular weight is 299 g/mol. The Balaban J connectivity index is 0.00000361. The van der Waals surface area contributed by atoms with Crippen molar-refractivity contribution in [3.05, 3.63) is 35.4 Å². The molecule has 2 atom stereocenters. The summed E-state index contributed by atoms with van der Waals surface area (Å²) in [5, 5.41) is 2.97. The quantitative estimate of drug-likeness (QED) is 0.847. The van der Waals surface area contributed by atoms with Gasteiger partial charge in [0.2, 0.25) is 5.91 Å². The van der Waals surface area contributed by atoms with Crippen molar-refractivity contribution >= 4 is 18.3 Å². The van der Waals surface area contributed by atoms with Crippen molar-refractivity contribution < 1.29 is 4.79 Å². The molecular formula is C16H27ClN2O. The molecule has 1 aromatic carbocycles. The number of amides is 1. The third-order valence-corrected chi connectivity index (χ3v) is 3.01. The van der Waals surface area contributed by atoms with Crippen molar-refractivity contribution in [3.8, 4) is 0 Å². The van der Waals surface area contributed by atoms with E-state index in [0.717, 1.165) is 12.0 Å². The van der Waals surface area contributed by atoms with E-state index in [4.69, 9.17) is 5.73 Å². The van der Waals surface area contributed by atoms with Gasteiger partial charge in [0, 0.05) is 12.5 Å². The SMILES string of the molecule is CC(C)Cc1ccc(C(C)NC(=O)CC(C)N)cc1.Cl. The first-order valence-corrected chi connectivity index (χ1v) is 7.02. The lowest BCUT2D eigenvalue weighted by atomic mass is 10.00. The number of rotatable bonds is 6. The highest BCUT2D eigenvalue weighted by molar-refractivity contribution is 5.85. The molecule has 3 N–H and O–H groups in total. The number of carbonyl (C=O) groups is 1. The molecule has 0 radical (unpaired) electrons. The normalized spacial score (nSPS) is 13.5. The highest BCUT2D eigenvalue weighted by Crippen LogP contribution is 2.15. The van der Waals surface area contributed by atoms with Crippen LogP contribution in [0, 0.1) is 5.92 Å². The molecule has 3 nitrogen and oxygen atoms in total. The van der Waals surface area contributed by atoms with E-state index in [1.54, 1.807) is 0 Å². The summed E-state index contributed by atoms with van der Waals surface area (Å²) in [5.41, 5.74) is 8.08. The lowest BCUT2D eigenvalue weighted by Gasteiger charge is -2.16. The third kappa shape index (κ3) is 6.92. The second-order valence-corrected chi connectivity index (χ2v) is 5.81. The molecule has 0 aliphatic rings. The zero-order chi connectivity index (χ0) is 14.4. The maximum absolute atomic E-state index is 11.7. The van der Waals surface area contributed by atoms with Gasteiger partial charge >= 0.3 is 0 Å². The summed E-state index contributed by atoms with van der Waals surface area (Å²) >= 11 is 0. The van der Waals surface area contributed by atoms with Crippen LogP contribution in [0.25, 0.3) is 0 Å². The molecule has 0 spiro atoms. The monoisotopic (exact) mass is 298 g/mol. The highest BCUT2D eigenvalue weighted by atomic mass is 35.5. The molecule has 0 aromatic heterocycles. The van der Waals surface area contributed by atoms with Crippen LogP contribution in [0.15, 0.2) is 24.3 Å². The Kier molecular flexibility index (Phi) is 8.51. The second kappa shape index (κ2) is 8.98. The van der Waals surface area contributed by atoms with Crippen molar-refractivity contribution in [1.29, 1.82) is 0 Å². The molecule has 1 aromatic rings. The lowest BCUT2D eigenvalue weighted by Crippen LogP contribution is -2.31. The lowest BCUT2D eigenvalue weighted by molar-refractivity contribution is -0.122. The minimum atomic E-state index is -0.0967. The van der Waals surface area contributed by atoms with Gasteiger partial charge < -0.3 is 11.1 Å². The van der Waals surface area contributed by atoms with Crippen LogP contribution < -0.4 is 11.1 Å². The van der Waals surface area contributed by atoms with E-state index in [1.165, 1.54) is 5.56 Å². The van der Waals surface area contributed by atoms with Gasteiger partial charge in [0.15, 0.2) is 0 Å². The smallest absolute Gasteiger partial charge is 0.222 e. The van der Waals surface area contributed by atoms with Crippen LogP contribution in [-0.4, -0.2) is 11.9 Å². The molecule has 20 heavy (non-hydrogen) atoms. The Morgan fingerprint density at radius 1 is 1.15 bits per heavy atom. The first-order chi connectivity index (χ1) is 8.88. The van der Waals surface area contributed by atoms with Gasteiger partial charge in [0.25, 0.3) is 0 Å². The first-order valence-electron chi connectivity index (χ1n) is 7.02. The molecule has 0 bridgehead atoms. The molecule has 2 unspecified atom stereocenters. The van der Waals surface area contributed by atoms with Crippen LogP contribution in [0.2, 0.25) is 0 Å².